The fraction of sp³-hybridized carbons (Fsp3) is 0.583. The Morgan fingerprint density at radius 1 is 1.14 bits per heavy atom. The van der Waals surface area contributed by atoms with Gasteiger partial charge < -0.3 is 39.0 Å². The molecule has 1 aliphatic heterocycles. The highest BCUT2D eigenvalue weighted by atomic mass is 16.7. The summed E-state index contributed by atoms with van der Waals surface area (Å²) in [6, 6.07) is 7.72. The van der Waals surface area contributed by atoms with Crippen LogP contribution in [0.5, 0.6) is 11.6 Å². The van der Waals surface area contributed by atoms with E-state index < -0.39 is 43.5 Å². The lowest BCUT2D eigenvalue weighted by Crippen LogP contribution is -2.60. The van der Waals surface area contributed by atoms with E-state index in [0.717, 1.165) is 29.7 Å². The van der Waals surface area contributed by atoms with Gasteiger partial charge in [0.25, 0.3) is 0 Å². The lowest BCUT2D eigenvalue weighted by molar-refractivity contribution is -0.278. The van der Waals surface area contributed by atoms with E-state index in [0.29, 0.717) is 13.0 Å². The lowest BCUT2D eigenvalue weighted by Gasteiger charge is -2.39. The molecule has 0 amide bonds. The van der Waals surface area contributed by atoms with E-state index in [2.05, 4.69) is 9.84 Å². The highest BCUT2D eigenvalue weighted by Crippen LogP contribution is 2.31. The van der Waals surface area contributed by atoms with E-state index >= 15 is 0 Å². The van der Waals surface area contributed by atoms with E-state index in [-0.39, 0.29) is 11.9 Å². The lowest BCUT2D eigenvalue weighted by atomic mass is 9.99. The van der Waals surface area contributed by atoms with Gasteiger partial charge in [0, 0.05) is 23.7 Å². The first kappa shape index (κ1) is 26.7. The second kappa shape index (κ2) is 11.7. The third-order valence-electron chi connectivity index (χ3n) is 5.77. The highest BCUT2D eigenvalue weighted by Gasteiger charge is 2.46. The Labute approximate surface area is 204 Å². The second-order valence-electron chi connectivity index (χ2n) is 8.56. The highest BCUT2D eigenvalue weighted by molar-refractivity contribution is 5.59. The molecular weight excluding hydrogens is 460 g/mol. The molecule has 0 bridgehead atoms. The average molecular weight is 495 g/mol. The number of aliphatic hydroxyl groups excluding tert-OH is 3. The quantitative estimate of drug-likeness (QED) is 0.441. The first-order valence-electron chi connectivity index (χ1n) is 11.5. The van der Waals surface area contributed by atoms with Crippen LogP contribution in [0, 0.1) is 6.92 Å². The number of methoxy groups -OCH3 is 1. The van der Waals surface area contributed by atoms with Gasteiger partial charge in [0.1, 0.15) is 36.8 Å². The Hall–Kier alpha value is -2.86. The van der Waals surface area contributed by atoms with Crippen LogP contribution in [0.3, 0.4) is 0 Å². The first-order chi connectivity index (χ1) is 16.7. The third kappa shape index (κ3) is 6.23. The topological polar surface area (TPSA) is 142 Å². The maximum atomic E-state index is 11.3. The number of carbonyl (C=O) groups excluding carboxylic acids is 1. The zero-order chi connectivity index (χ0) is 25.7. The molecule has 0 spiro atoms. The summed E-state index contributed by atoms with van der Waals surface area (Å²) in [5, 5.41) is 35.7. The van der Waals surface area contributed by atoms with Crippen molar-refractivity contribution in [3.63, 3.8) is 0 Å². The number of benzene rings is 1. The Kier molecular flexibility index (Phi) is 8.95. The van der Waals surface area contributed by atoms with Crippen LogP contribution >= 0.6 is 0 Å². The van der Waals surface area contributed by atoms with Crippen LogP contribution < -0.4 is 9.47 Å². The molecule has 35 heavy (non-hydrogen) atoms. The summed E-state index contributed by atoms with van der Waals surface area (Å²) in [4.78, 5) is 11.3. The van der Waals surface area contributed by atoms with Crippen molar-refractivity contribution in [1.29, 1.82) is 0 Å². The van der Waals surface area contributed by atoms with E-state index in [1.54, 1.807) is 4.68 Å². The van der Waals surface area contributed by atoms with Crippen LogP contribution in [-0.2, 0) is 20.6 Å². The Morgan fingerprint density at radius 3 is 2.43 bits per heavy atom. The molecule has 194 valence electrons. The first-order valence-corrected chi connectivity index (χ1v) is 11.5. The average Bonchev–Trinajstić information content (AvgIpc) is 3.14. The van der Waals surface area contributed by atoms with Gasteiger partial charge >= 0.3 is 6.16 Å². The molecule has 2 aromatic rings. The van der Waals surface area contributed by atoms with Gasteiger partial charge in [-0.1, -0.05) is 12.1 Å². The molecule has 0 aliphatic carbocycles. The van der Waals surface area contributed by atoms with Gasteiger partial charge in [0.2, 0.25) is 12.2 Å². The summed E-state index contributed by atoms with van der Waals surface area (Å²) in [7, 11) is 1.14. The maximum Gasteiger partial charge on any atom is 0.508 e. The van der Waals surface area contributed by atoms with Gasteiger partial charge in [0.15, 0.2) is 0 Å². The van der Waals surface area contributed by atoms with Crippen molar-refractivity contribution in [3.05, 3.63) is 41.1 Å². The largest absolute Gasteiger partial charge is 0.508 e. The molecule has 1 saturated heterocycles. The number of aromatic nitrogens is 2. The van der Waals surface area contributed by atoms with Gasteiger partial charge in [-0.3, -0.25) is 4.68 Å². The summed E-state index contributed by atoms with van der Waals surface area (Å²) in [6.07, 6.45) is -7.67. The van der Waals surface area contributed by atoms with E-state index in [9.17, 15) is 20.1 Å². The maximum absolute atomic E-state index is 11.3. The molecule has 3 rings (SSSR count). The summed E-state index contributed by atoms with van der Waals surface area (Å²) in [5.41, 5.74) is 2.65. The molecule has 1 unspecified atom stereocenters. The molecule has 1 aromatic carbocycles. The van der Waals surface area contributed by atoms with E-state index in [1.807, 2.05) is 52.0 Å². The molecule has 0 radical (unpaired) electrons. The van der Waals surface area contributed by atoms with Crippen LogP contribution in [0.25, 0.3) is 0 Å². The molecule has 1 aromatic heterocycles. The summed E-state index contributed by atoms with van der Waals surface area (Å²) in [6.45, 7) is 7.98. The predicted octanol–water partition coefficient (Wildman–Crippen LogP) is 1.73. The van der Waals surface area contributed by atoms with E-state index in [1.165, 1.54) is 0 Å². The minimum atomic E-state index is -1.59. The molecule has 0 saturated carbocycles. The number of carbonyl (C=O) groups is 1. The van der Waals surface area contributed by atoms with Crippen molar-refractivity contribution in [3.8, 4) is 11.6 Å². The van der Waals surface area contributed by atoms with Crippen LogP contribution in [0.1, 0.15) is 43.6 Å². The normalized spacial score (nSPS) is 24.3. The summed E-state index contributed by atoms with van der Waals surface area (Å²) in [5.74, 6) is 0.999. The number of ether oxygens (including phenoxy) is 5. The van der Waals surface area contributed by atoms with Crippen LogP contribution in [0.15, 0.2) is 24.3 Å². The molecule has 1 fully saturated rings. The SMILES string of the molecule is CCOc1ccc(Cc2c(OC3O[C@H](COC(=O)OC)[C@@H](O)[C@H](O)[C@H]3O)nn(C(C)C)c2C)cc1. The molecule has 11 nitrogen and oxygen atoms in total. The van der Waals surface area contributed by atoms with Crippen LogP contribution in [-0.4, -0.2) is 82.3 Å². The van der Waals surface area contributed by atoms with Gasteiger partial charge in [-0.05, 0) is 45.4 Å². The second-order valence-corrected chi connectivity index (χ2v) is 8.56. The number of hydrogen-bond acceptors (Lipinski definition) is 10. The van der Waals surface area contributed by atoms with Crippen molar-refractivity contribution < 1.29 is 43.8 Å². The van der Waals surface area contributed by atoms with Crippen molar-refractivity contribution in [2.45, 2.75) is 70.9 Å². The van der Waals surface area contributed by atoms with Crippen LogP contribution in [0.4, 0.5) is 4.79 Å². The Balaban J connectivity index is 1.84. The summed E-state index contributed by atoms with van der Waals surface area (Å²) < 4.78 is 28.2. The van der Waals surface area contributed by atoms with E-state index in [4.69, 9.17) is 18.9 Å². The van der Waals surface area contributed by atoms with Crippen molar-refractivity contribution in [1.82, 2.24) is 9.78 Å². The molecule has 2 heterocycles. The number of aliphatic hydroxyl groups is 3. The fourth-order valence-electron chi connectivity index (χ4n) is 3.87. The number of hydrogen-bond donors (Lipinski definition) is 3. The molecule has 1 aliphatic rings. The van der Waals surface area contributed by atoms with Crippen molar-refractivity contribution in [2.24, 2.45) is 0 Å². The summed E-state index contributed by atoms with van der Waals surface area (Å²) >= 11 is 0. The number of nitrogens with zero attached hydrogens (tertiary/aromatic N) is 2. The predicted molar refractivity (Wildman–Crippen MR) is 123 cm³/mol. The van der Waals surface area contributed by atoms with Gasteiger partial charge in [-0.25, -0.2) is 4.79 Å². The van der Waals surface area contributed by atoms with Crippen molar-refractivity contribution >= 4 is 6.16 Å². The van der Waals surface area contributed by atoms with Crippen LogP contribution in [0.2, 0.25) is 0 Å². The van der Waals surface area contributed by atoms with Gasteiger partial charge in [0.05, 0.1) is 13.7 Å². The molecule has 11 heteroatoms. The van der Waals surface area contributed by atoms with Gasteiger partial charge in [-0.2, -0.15) is 0 Å². The minimum absolute atomic E-state index is 0.0391. The molecule has 5 atom stereocenters. The third-order valence-corrected chi connectivity index (χ3v) is 5.77. The smallest absolute Gasteiger partial charge is 0.494 e. The minimum Gasteiger partial charge on any atom is -0.494 e. The Morgan fingerprint density at radius 2 is 1.83 bits per heavy atom. The number of rotatable bonds is 9. The monoisotopic (exact) mass is 494 g/mol. The zero-order valence-corrected chi connectivity index (χ0v) is 20.6. The molecule has 3 N–H and O–H groups in total. The Bertz CT molecular complexity index is 976. The fourth-order valence-corrected chi connectivity index (χ4v) is 3.87. The molecular formula is C24H34N2O9. The van der Waals surface area contributed by atoms with Gasteiger partial charge in [-0.15, -0.1) is 5.10 Å². The standard InChI is InChI=1S/C24H34N2O9/c1-6-32-16-9-7-15(8-10-16)11-17-14(4)26(13(2)3)25-22(17)35-23-21(29)20(28)19(27)18(34-23)12-33-24(30)31-5/h7-10,13,18-21,23,27-29H,6,11-12H2,1-5H3/t18-,19-,20+,21-,23?/m1/s1. The zero-order valence-electron chi connectivity index (χ0n) is 20.6. The van der Waals surface area contributed by atoms with Crippen molar-refractivity contribution in [2.75, 3.05) is 20.3 Å².